The fraction of sp³-hybridized carbons (Fsp3) is 0.929. The summed E-state index contributed by atoms with van der Waals surface area (Å²) >= 11 is 0. The van der Waals surface area contributed by atoms with Crippen molar-refractivity contribution in [2.75, 3.05) is 13.1 Å². The van der Waals surface area contributed by atoms with E-state index in [0.717, 1.165) is 31.8 Å². The third-order valence-corrected chi connectivity index (χ3v) is 4.42. The maximum atomic E-state index is 12.0. The molecule has 1 saturated heterocycles. The van der Waals surface area contributed by atoms with Crippen molar-refractivity contribution < 1.29 is 4.79 Å². The molecule has 3 nitrogen and oxygen atoms in total. The van der Waals surface area contributed by atoms with Crippen LogP contribution in [0.1, 0.15) is 51.9 Å². The van der Waals surface area contributed by atoms with Crippen LogP contribution >= 0.6 is 0 Å². The molecule has 0 spiro atoms. The highest BCUT2D eigenvalue weighted by Gasteiger charge is 2.26. The molecule has 0 radical (unpaired) electrons. The van der Waals surface area contributed by atoms with Gasteiger partial charge in [-0.3, -0.25) is 4.79 Å². The van der Waals surface area contributed by atoms with Crippen molar-refractivity contribution in [2.24, 2.45) is 11.8 Å². The highest BCUT2D eigenvalue weighted by Crippen LogP contribution is 2.27. The predicted octanol–water partition coefficient (Wildman–Crippen LogP) is 2.07. The van der Waals surface area contributed by atoms with Crippen LogP contribution < -0.4 is 10.6 Å². The van der Waals surface area contributed by atoms with Gasteiger partial charge in [-0.2, -0.15) is 0 Å². The number of rotatable bonds is 4. The van der Waals surface area contributed by atoms with E-state index in [1.165, 1.54) is 32.1 Å². The second-order valence-corrected chi connectivity index (χ2v) is 5.69. The molecule has 1 aliphatic heterocycles. The fourth-order valence-electron chi connectivity index (χ4n) is 3.30. The number of nitrogens with one attached hydrogen (secondary N) is 2. The Morgan fingerprint density at radius 2 is 2.12 bits per heavy atom. The first-order chi connectivity index (χ1) is 8.29. The fourth-order valence-corrected chi connectivity index (χ4v) is 3.30. The maximum Gasteiger partial charge on any atom is 0.220 e. The van der Waals surface area contributed by atoms with Crippen LogP contribution in [0.4, 0.5) is 0 Å². The van der Waals surface area contributed by atoms with Gasteiger partial charge in [0.05, 0.1) is 0 Å². The first-order valence-corrected chi connectivity index (χ1v) is 7.29. The predicted molar refractivity (Wildman–Crippen MR) is 69.8 cm³/mol. The van der Waals surface area contributed by atoms with Crippen molar-refractivity contribution in [3.63, 3.8) is 0 Å². The summed E-state index contributed by atoms with van der Waals surface area (Å²) in [6, 6.07) is 0.454. The van der Waals surface area contributed by atoms with E-state index in [-0.39, 0.29) is 5.91 Å². The SMILES string of the molecule is CCC1CCCCC1NC(=O)CC1CCNC1. The molecule has 3 heteroatoms. The van der Waals surface area contributed by atoms with E-state index in [9.17, 15) is 4.79 Å². The largest absolute Gasteiger partial charge is 0.353 e. The molecule has 2 aliphatic rings. The van der Waals surface area contributed by atoms with E-state index in [4.69, 9.17) is 0 Å². The molecule has 17 heavy (non-hydrogen) atoms. The molecular formula is C14H26N2O. The molecule has 1 heterocycles. The van der Waals surface area contributed by atoms with Crippen molar-refractivity contribution in [2.45, 2.75) is 57.9 Å². The summed E-state index contributed by atoms with van der Waals surface area (Å²) in [4.78, 5) is 12.0. The third kappa shape index (κ3) is 3.70. The average molecular weight is 238 g/mol. The Bertz CT molecular complexity index is 249. The van der Waals surface area contributed by atoms with Crippen molar-refractivity contribution in [3.8, 4) is 0 Å². The molecule has 3 unspecified atom stereocenters. The highest BCUT2D eigenvalue weighted by molar-refractivity contribution is 5.76. The molecule has 1 amide bonds. The number of carbonyl (C=O) groups is 1. The normalized spacial score (nSPS) is 33.6. The standard InChI is InChI=1S/C14H26N2O/c1-2-12-5-3-4-6-13(12)16-14(17)9-11-7-8-15-10-11/h11-13,15H,2-10H2,1H3,(H,16,17). The summed E-state index contributed by atoms with van der Waals surface area (Å²) in [6.45, 7) is 4.35. The van der Waals surface area contributed by atoms with Gasteiger partial charge in [0.2, 0.25) is 5.91 Å². The van der Waals surface area contributed by atoms with E-state index in [0.29, 0.717) is 12.0 Å². The Kier molecular flexibility index (Phi) is 4.84. The first-order valence-electron chi connectivity index (χ1n) is 7.29. The molecule has 1 aliphatic carbocycles. The van der Waals surface area contributed by atoms with Crippen LogP contribution in [0, 0.1) is 11.8 Å². The van der Waals surface area contributed by atoms with Gasteiger partial charge in [-0.15, -0.1) is 0 Å². The summed E-state index contributed by atoms with van der Waals surface area (Å²) < 4.78 is 0. The molecule has 2 N–H and O–H groups in total. The van der Waals surface area contributed by atoms with E-state index >= 15 is 0 Å². The zero-order valence-corrected chi connectivity index (χ0v) is 11.0. The van der Waals surface area contributed by atoms with Crippen molar-refractivity contribution in [3.05, 3.63) is 0 Å². The van der Waals surface area contributed by atoms with Gasteiger partial charge >= 0.3 is 0 Å². The second kappa shape index (κ2) is 6.39. The maximum absolute atomic E-state index is 12.0. The molecule has 3 atom stereocenters. The lowest BCUT2D eigenvalue weighted by molar-refractivity contribution is -0.123. The smallest absolute Gasteiger partial charge is 0.220 e. The van der Waals surface area contributed by atoms with Gasteiger partial charge in [-0.25, -0.2) is 0 Å². The Balaban J connectivity index is 1.75. The van der Waals surface area contributed by atoms with Crippen LogP contribution in [0.25, 0.3) is 0 Å². The molecule has 98 valence electrons. The van der Waals surface area contributed by atoms with Crippen LogP contribution in [0.15, 0.2) is 0 Å². The van der Waals surface area contributed by atoms with Crippen LogP contribution in [0.5, 0.6) is 0 Å². The van der Waals surface area contributed by atoms with Gasteiger partial charge in [0, 0.05) is 12.5 Å². The van der Waals surface area contributed by atoms with Crippen molar-refractivity contribution in [1.29, 1.82) is 0 Å². The van der Waals surface area contributed by atoms with Crippen molar-refractivity contribution in [1.82, 2.24) is 10.6 Å². The van der Waals surface area contributed by atoms with Crippen LogP contribution in [-0.2, 0) is 4.79 Å². The van der Waals surface area contributed by atoms with Gasteiger partial charge in [-0.05, 0) is 44.2 Å². The zero-order chi connectivity index (χ0) is 12.1. The molecule has 0 bridgehead atoms. The highest BCUT2D eigenvalue weighted by atomic mass is 16.1. The van der Waals surface area contributed by atoms with Gasteiger partial charge in [-0.1, -0.05) is 26.2 Å². The molecular weight excluding hydrogens is 212 g/mol. The van der Waals surface area contributed by atoms with Gasteiger partial charge < -0.3 is 10.6 Å². The van der Waals surface area contributed by atoms with E-state index < -0.39 is 0 Å². The zero-order valence-electron chi connectivity index (χ0n) is 11.0. The molecule has 0 aromatic carbocycles. The van der Waals surface area contributed by atoms with E-state index in [2.05, 4.69) is 17.6 Å². The molecule has 1 saturated carbocycles. The second-order valence-electron chi connectivity index (χ2n) is 5.69. The quantitative estimate of drug-likeness (QED) is 0.787. The Morgan fingerprint density at radius 3 is 2.82 bits per heavy atom. The lowest BCUT2D eigenvalue weighted by Crippen LogP contribution is -2.42. The number of amides is 1. The summed E-state index contributed by atoms with van der Waals surface area (Å²) in [5, 5.41) is 6.60. The van der Waals surface area contributed by atoms with Gasteiger partial charge in [0.15, 0.2) is 0 Å². The van der Waals surface area contributed by atoms with Gasteiger partial charge in [0.25, 0.3) is 0 Å². The molecule has 2 fully saturated rings. The summed E-state index contributed by atoms with van der Waals surface area (Å²) in [5.41, 5.74) is 0. The monoisotopic (exact) mass is 238 g/mol. The number of carbonyl (C=O) groups excluding carboxylic acids is 1. The summed E-state index contributed by atoms with van der Waals surface area (Å²) in [7, 11) is 0. The minimum absolute atomic E-state index is 0.282. The lowest BCUT2D eigenvalue weighted by atomic mass is 9.82. The number of hydrogen-bond donors (Lipinski definition) is 2. The first kappa shape index (κ1) is 12.9. The Labute approximate surface area is 105 Å². The average Bonchev–Trinajstić information content (AvgIpc) is 2.82. The molecule has 0 aromatic rings. The topological polar surface area (TPSA) is 41.1 Å². The van der Waals surface area contributed by atoms with Crippen LogP contribution in [0.2, 0.25) is 0 Å². The van der Waals surface area contributed by atoms with Crippen molar-refractivity contribution >= 4 is 5.91 Å². The Morgan fingerprint density at radius 1 is 1.29 bits per heavy atom. The van der Waals surface area contributed by atoms with E-state index in [1.54, 1.807) is 0 Å². The molecule has 2 rings (SSSR count). The van der Waals surface area contributed by atoms with Crippen LogP contribution in [-0.4, -0.2) is 25.0 Å². The summed E-state index contributed by atoms with van der Waals surface area (Å²) in [6.07, 6.45) is 8.20. The van der Waals surface area contributed by atoms with E-state index in [1.807, 2.05) is 0 Å². The number of hydrogen-bond acceptors (Lipinski definition) is 2. The third-order valence-electron chi connectivity index (χ3n) is 4.42. The lowest BCUT2D eigenvalue weighted by Gasteiger charge is -2.31. The minimum atomic E-state index is 0.282. The minimum Gasteiger partial charge on any atom is -0.353 e. The Hall–Kier alpha value is -0.570. The summed E-state index contributed by atoms with van der Waals surface area (Å²) in [5.74, 6) is 1.57. The van der Waals surface area contributed by atoms with Gasteiger partial charge in [0.1, 0.15) is 0 Å². The van der Waals surface area contributed by atoms with Crippen LogP contribution in [0.3, 0.4) is 0 Å². The molecule has 0 aromatic heterocycles.